The van der Waals surface area contributed by atoms with E-state index in [0.717, 1.165) is 5.56 Å². The lowest BCUT2D eigenvalue weighted by Gasteiger charge is -2.20. The summed E-state index contributed by atoms with van der Waals surface area (Å²) in [6.07, 6.45) is 0. The molecule has 1 unspecified atom stereocenters. The Hall–Kier alpha value is -3.69. The molecule has 0 radical (unpaired) electrons. The molecule has 2 amide bonds. The standard InChI is InChI=1S/C21H26N4O6/c1-12(2)18(25-19(27)14-8-6-7-13(3)9-14)20(28)31-11-15(26)22-21-23-16(29-4)10-17(24-21)30-5/h6-10,12,18H,11H2,1-5H3,(H,25,27)(H,22,23,24,26). The lowest BCUT2D eigenvalue weighted by molar-refractivity contribution is -0.150. The van der Waals surface area contributed by atoms with Crippen molar-refractivity contribution in [2.45, 2.75) is 26.8 Å². The highest BCUT2D eigenvalue weighted by atomic mass is 16.5. The SMILES string of the molecule is COc1cc(OC)nc(NC(=O)COC(=O)C(NC(=O)c2cccc(C)c2)C(C)C)n1. The number of aryl methyl sites for hydroxylation is 1. The number of amides is 2. The third kappa shape index (κ3) is 6.95. The van der Waals surface area contributed by atoms with Gasteiger partial charge in [0.1, 0.15) is 6.04 Å². The number of esters is 1. The summed E-state index contributed by atoms with van der Waals surface area (Å²) >= 11 is 0. The Morgan fingerprint density at radius 3 is 2.23 bits per heavy atom. The normalized spacial score (nSPS) is 11.4. The first kappa shape index (κ1) is 23.6. The average Bonchev–Trinajstić information content (AvgIpc) is 2.75. The van der Waals surface area contributed by atoms with Crippen LogP contribution in [-0.2, 0) is 14.3 Å². The molecule has 0 aliphatic carbocycles. The van der Waals surface area contributed by atoms with E-state index in [0.29, 0.717) is 5.56 Å². The summed E-state index contributed by atoms with van der Waals surface area (Å²) in [5, 5.41) is 5.06. The zero-order valence-corrected chi connectivity index (χ0v) is 18.1. The third-order valence-corrected chi connectivity index (χ3v) is 4.18. The highest BCUT2D eigenvalue weighted by Gasteiger charge is 2.27. The molecule has 166 valence electrons. The number of ether oxygens (including phenoxy) is 3. The number of aromatic nitrogens is 2. The second-order valence-electron chi connectivity index (χ2n) is 7.00. The van der Waals surface area contributed by atoms with Crippen molar-refractivity contribution in [2.75, 3.05) is 26.1 Å². The molecule has 1 atom stereocenters. The van der Waals surface area contributed by atoms with Crippen LogP contribution in [0.5, 0.6) is 11.8 Å². The second-order valence-corrected chi connectivity index (χ2v) is 7.00. The molecular weight excluding hydrogens is 404 g/mol. The minimum absolute atomic E-state index is 0.0644. The van der Waals surface area contributed by atoms with E-state index in [2.05, 4.69) is 20.6 Å². The molecule has 2 aromatic rings. The van der Waals surface area contributed by atoms with Crippen LogP contribution in [0.25, 0.3) is 0 Å². The maximum absolute atomic E-state index is 12.5. The maximum atomic E-state index is 12.5. The van der Waals surface area contributed by atoms with Gasteiger partial charge in [-0.2, -0.15) is 9.97 Å². The van der Waals surface area contributed by atoms with Gasteiger partial charge in [-0.25, -0.2) is 4.79 Å². The van der Waals surface area contributed by atoms with Crippen LogP contribution in [0.1, 0.15) is 29.8 Å². The van der Waals surface area contributed by atoms with Crippen molar-refractivity contribution in [1.82, 2.24) is 15.3 Å². The van der Waals surface area contributed by atoms with E-state index in [-0.39, 0.29) is 23.6 Å². The van der Waals surface area contributed by atoms with Crippen molar-refractivity contribution in [3.8, 4) is 11.8 Å². The van der Waals surface area contributed by atoms with Crippen molar-refractivity contribution in [1.29, 1.82) is 0 Å². The Morgan fingerprint density at radius 2 is 1.68 bits per heavy atom. The number of rotatable bonds is 9. The predicted octanol–water partition coefficient (Wildman–Crippen LogP) is 1.74. The Morgan fingerprint density at radius 1 is 1.03 bits per heavy atom. The summed E-state index contributed by atoms with van der Waals surface area (Å²) in [6.45, 7) is 4.81. The topological polar surface area (TPSA) is 129 Å². The van der Waals surface area contributed by atoms with Gasteiger partial charge in [-0.3, -0.25) is 14.9 Å². The Labute approximate surface area is 180 Å². The summed E-state index contributed by atoms with van der Waals surface area (Å²) < 4.78 is 15.1. The zero-order valence-electron chi connectivity index (χ0n) is 18.1. The van der Waals surface area contributed by atoms with Crippen LogP contribution in [0.2, 0.25) is 0 Å². The number of hydrogen-bond donors (Lipinski definition) is 2. The molecule has 2 rings (SSSR count). The van der Waals surface area contributed by atoms with E-state index in [1.807, 2.05) is 13.0 Å². The Kier molecular flexibility index (Phi) is 8.30. The number of benzene rings is 1. The molecule has 0 saturated heterocycles. The van der Waals surface area contributed by atoms with Crippen LogP contribution < -0.4 is 20.1 Å². The van der Waals surface area contributed by atoms with Gasteiger partial charge in [0.15, 0.2) is 6.61 Å². The van der Waals surface area contributed by atoms with Crippen LogP contribution >= 0.6 is 0 Å². The molecule has 1 heterocycles. The fourth-order valence-corrected chi connectivity index (χ4v) is 2.56. The molecule has 1 aromatic carbocycles. The number of methoxy groups -OCH3 is 2. The number of carbonyl (C=O) groups is 3. The van der Waals surface area contributed by atoms with Crippen LogP contribution in [0.3, 0.4) is 0 Å². The van der Waals surface area contributed by atoms with Gasteiger partial charge in [0, 0.05) is 5.56 Å². The molecular formula is C21H26N4O6. The van der Waals surface area contributed by atoms with Gasteiger partial charge in [0.2, 0.25) is 17.7 Å². The molecule has 1 aromatic heterocycles. The fourth-order valence-electron chi connectivity index (χ4n) is 2.56. The summed E-state index contributed by atoms with van der Waals surface area (Å²) in [5.74, 6) is -1.72. The zero-order chi connectivity index (χ0) is 23.0. The number of anilines is 1. The molecule has 10 heteroatoms. The van der Waals surface area contributed by atoms with Crippen LogP contribution in [0, 0.1) is 12.8 Å². The lowest BCUT2D eigenvalue weighted by atomic mass is 10.0. The third-order valence-electron chi connectivity index (χ3n) is 4.18. The van der Waals surface area contributed by atoms with E-state index in [1.54, 1.807) is 32.0 Å². The van der Waals surface area contributed by atoms with Gasteiger partial charge in [0.25, 0.3) is 11.8 Å². The minimum Gasteiger partial charge on any atom is -0.481 e. The van der Waals surface area contributed by atoms with Gasteiger partial charge in [-0.15, -0.1) is 0 Å². The fraction of sp³-hybridized carbons (Fsp3) is 0.381. The quantitative estimate of drug-likeness (QED) is 0.576. The summed E-state index contributed by atoms with van der Waals surface area (Å²) in [7, 11) is 2.82. The van der Waals surface area contributed by atoms with Crippen molar-refractivity contribution < 1.29 is 28.6 Å². The highest BCUT2D eigenvalue weighted by Crippen LogP contribution is 2.17. The van der Waals surface area contributed by atoms with Crippen LogP contribution in [0.4, 0.5) is 5.95 Å². The highest BCUT2D eigenvalue weighted by molar-refractivity contribution is 5.97. The minimum atomic E-state index is -0.922. The van der Waals surface area contributed by atoms with Crippen LogP contribution in [-0.4, -0.2) is 54.6 Å². The Bertz CT molecular complexity index is 925. The monoisotopic (exact) mass is 430 g/mol. The number of nitrogens with one attached hydrogen (secondary N) is 2. The maximum Gasteiger partial charge on any atom is 0.329 e. The summed E-state index contributed by atoms with van der Waals surface area (Å²) in [5.41, 5.74) is 1.35. The number of hydrogen-bond acceptors (Lipinski definition) is 8. The van der Waals surface area contributed by atoms with Crippen molar-refractivity contribution in [3.63, 3.8) is 0 Å². The summed E-state index contributed by atoms with van der Waals surface area (Å²) in [4.78, 5) is 45.1. The van der Waals surface area contributed by atoms with Crippen molar-refractivity contribution in [3.05, 3.63) is 41.5 Å². The average molecular weight is 430 g/mol. The van der Waals surface area contributed by atoms with Gasteiger partial charge in [0.05, 0.1) is 20.3 Å². The largest absolute Gasteiger partial charge is 0.481 e. The molecule has 0 aliphatic rings. The van der Waals surface area contributed by atoms with Crippen molar-refractivity contribution in [2.24, 2.45) is 5.92 Å². The van der Waals surface area contributed by atoms with Gasteiger partial charge in [-0.1, -0.05) is 31.5 Å². The molecule has 0 aliphatic heterocycles. The van der Waals surface area contributed by atoms with E-state index >= 15 is 0 Å². The van der Waals surface area contributed by atoms with E-state index in [4.69, 9.17) is 14.2 Å². The van der Waals surface area contributed by atoms with Gasteiger partial charge in [-0.05, 0) is 25.0 Å². The van der Waals surface area contributed by atoms with Crippen LogP contribution in [0.15, 0.2) is 30.3 Å². The summed E-state index contributed by atoms with van der Waals surface area (Å²) in [6, 6.07) is 7.52. The molecule has 0 bridgehead atoms. The molecule has 0 fully saturated rings. The number of nitrogens with zero attached hydrogens (tertiary/aromatic N) is 2. The molecule has 2 N–H and O–H groups in total. The Balaban J connectivity index is 1.97. The predicted molar refractivity (Wildman–Crippen MR) is 112 cm³/mol. The van der Waals surface area contributed by atoms with E-state index < -0.39 is 30.4 Å². The second kappa shape index (κ2) is 10.9. The molecule has 0 spiro atoms. The van der Waals surface area contributed by atoms with Gasteiger partial charge < -0.3 is 19.5 Å². The molecule has 10 nitrogen and oxygen atoms in total. The smallest absolute Gasteiger partial charge is 0.329 e. The number of carbonyl (C=O) groups excluding carboxylic acids is 3. The molecule has 0 saturated carbocycles. The first-order valence-electron chi connectivity index (χ1n) is 9.54. The molecule has 31 heavy (non-hydrogen) atoms. The first-order valence-corrected chi connectivity index (χ1v) is 9.54. The van der Waals surface area contributed by atoms with E-state index in [9.17, 15) is 14.4 Å². The van der Waals surface area contributed by atoms with Crippen molar-refractivity contribution >= 4 is 23.7 Å². The van der Waals surface area contributed by atoms with E-state index in [1.165, 1.54) is 20.3 Å². The van der Waals surface area contributed by atoms with Gasteiger partial charge >= 0.3 is 5.97 Å². The lowest BCUT2D eigenvalue weighted by Crippen LogP contribution is -2.46. The first-order chi connectivity index (χ1) is 14.7.